The van der Waals surface area contributed by atoms with Crippen molar-refractivity contribution in [2.24, 2.45) is 0 Å². The fourth-order valence-corrected chi connectivity index (χ4v) is 5.38. The summed E-state index contributed by atoms with van der Waals surface area (Å²) in [6, 6.07) is 20.2. The first-order valence-corrected chi connectivity index (χ1v) is 13.3. The normalized spacial score (nSPS) is 14.1. The summed E-state index contributed by atoms with van der Waals surface area (Å²) in [7, 11) is -2.18. The van der Waals surface area contributed by atoms with Gasteiger partial charge < -0.3 is 19.0 Å². The number of ketones is 1. The Labute approximate surface area is 214 Å². The van der Waals surface area contributed by atoms with E-state index in [0.717, 1.165) is 27.7 Å². The van der Waals surface area contributed by atoms with Gasteiger partial charge in [0.15, 0.2) is 5.76 Å². The summed E-state index contributed by atoms with van der Waals surface area (Å²) in [5.41, 5.74) is 3.88. The van der Waals surface area contributed by atoms with Crippen molar-refractivity contribution in [1.82, 2.24) is 4.98 Å². The third kappa shape index (κ3) is 4.91. The van der Waals surface area contributed by atoms with Crippen molar-refractivity contribution in [3.63, 3.8) is 0 Å². The Bertz CT molecular complexity index is 1530. The predicted octanol–water partition coefficient (Wildman–Crippen LogP) is 7.02. The number of Topliss-reactive ketones (excluding diaryl/α,β-unsaturated/α-hetero) is 1. The lowest BCUT2D eigenvalue weighted by molar-refractivity contribution is 0.101. The molecule has 190 valence electrons. The zero-order valence-corrected chi connectivity index (χ0v) is 21.5. The largest absolute Gasteiger partial charge is 0.530 e. The Morgan fingerprint density at radius 3 is 2.38 bits per heavy atom. The number of H-pyrrole nitrogens is 1. The number of fused-ring (bicyclic) bond motifs is 2. The zero-order valence-electron chi connectivity index (χ0n) is 20.6. The van der Waals surface area contributed by atoms with E-state index in [0.29, 0.717) is 17.1 Å². The minimum Gasteiger partial charge on any atom is -0.497 e. The summed E-state index contributed by atoms with van der Waals surface area (Å²) in [6.07, 6.45) is 1.73. The summed E-state index contributed by atoms with van der Waals surface area (Å²) >= 11 is 0. The highest BCUT2D eigenvalue weighted by molar-refractivity contribution is 7.48. The van der Waals surface area contributed by atoms with Crippen molar-refractivity contribution in [3.05, 3.63) is 83.6 Å². The molecule has 0 saturated heterocycles. The number of ether oxygens (including phenoxy) is 2. The number of phosphoric ester groups is 1. The van der Waals surface area contributed by atoms with Gasteiger partial charge in [-0.1, -0.05) is 30.3 Å². The van der Waals surface area contributed by atoms with Gasteiger partial charge in [0.25, 0.3) is 0 Å². The lowest BCUT2D eigenvalue weighted by atomic mass is 10.0. The van der Waals surface area contributed by atoms with Crippen LogP contribution in [0.4, 0.5) is 0 Å². The van der Waals surface area contributed by atoms with Crippen LogP contribution in [0.3, 0.4) is 0 Å². The molecule has 37 heavy (non-hydrogen) atoms. The van der Waals surface area contributed by atoms with Gasteiger partial charge >= 0.3 is 7.82 Å². The van der Waals surface area contributed by atoms with Crippen LogP contribution in [0.25, 0.3) is 28.2 Å². The number of hydrogen-bond acceptors (Lipinski definition) is 7. The second-order valence-electron chi connectivity index (χ2n) is 8.16. The average Bonchev–Trinajstić information content (AvgIpc) is 3.41. The molecule has 2 heterocycles. The quantitative estimate of drug-likeness (QED) is 0.187. The van der Waals surface area contributed by atoms with Crippen LogP contribution < -0.4 is 14.0 Å². The Kier molecular flexibility index (Phi) is 6.89. The Hall–Kier alpha value is -3.84. The number of phosphoric acid groups is 1. The number of rotatable bonds is 9. The van der Waals surface area contributed by atoms with Gasteiger partial charge in [0.2, 0.25) is 5.78 Å². The lowest BCUT2D eigenvalue weighted by Crippen LogP contribution is -2.02. The molecule has 3 aromatic carbocycles. The second-order valence-corrected chi connectivity index (χ2v) is 9.76. The SMILES string of the molecule is CCOP(=O)(OCC)Oc1ccc2c(c1)O/C(=C\c1c(-c3ccccc3)[nH]c3ccc(OC)cc13)C2=O. The van der Waals surface area contributed by atoms with Crippen molar-refractivity contribution < 1.29 is 32.4 Å². The standard InChI is InChI=1S/C28H26NO7P/c1-4-33-37(31,34-5-2)36-20-11-13-21-25(16-20)35-26(28(21)30)17-23-22-15-19(32-3)12-14-24(22)29-27(23)18-9-7-6-8-10-18/h6-17,29H,4-5H2,1-3H3/b26-17-. The van der Waals surface area contributed by atoms with E-state index < -0.39 is 7.82 Å². The summed E-state index contributed by atoms with van der Waals surface area (Å²) in [4.78, 5) is 16.7. The van der Waals surface area contributed by atoms with Crippen LogP contribution >= 0.6 is 7.82 Å². The fraction of sp³-hybridized carbons (Fsp3) is 0.179. The number of nitrogens with one attached hydrogen (secondary N) is 1. The molecule has 0 spiro atoms. The van der Waals surface area contributed by atoms with Gasteiger partial charge in [-0.25, -0.2) is 4.57 Å². The first kappa shape index (κ1) is 24.8. The predicted molar refractivity (Wildman–Crippen MR) is 141 cm³/mol. The fourth-order valence-electron chi connectivity index (χ4n) is 4.19. The van der Waals surface area contributed by atoms with E-state index in [2.05, 4.69) is 4.98 Å². The number of carbonyl (C=O) groups is 1. The molecule has 0 fully saturated rings. The monoisotopic (exact) mass is 519 g/mol. The highest BCUT2D eigenvalue weighted by atomic mass is 31.2. The Morgan fingerprint density at radius 2 is 1.68 bits per heavy atom. The molecular weight excluding hydrogens is 493 g/mol. The highest BCUT2D eigenvalue weighted by Gasteiger charge is 2.31. The van der Waals surface area contributed by atoms with E-state index in [-0.39, 0.29) is 30.5 Å². The van der Waals surface area contributed by atoms with Gasteiger partial charge in [0, 0.05) is 22.5 Å². The summed E-state index contributed by atoms with van der Waals surface area (Å²) in [6.45, 7) is 3.70. The molecule has 0 radical (unpaired) electrons. The van der Waals surface area contributed by atoms with Gasteiger partial charge in [0.1, 0.15) is 17.2 Å². The topological polar surface area (TPSA) is 96.1 Å². The van der Waals surface area contributed by atoms with Crippen LogP contribution in [0.1, 0.15) is 29.8 Å². The minimum absolute atomic E-state index is 0.156. The third-order valence-corrected chi connectivity index (χ3v) is 7.40. The maximum Gasteiger partial charge on any atom is 0.530 e. The first-order chi connectivity index (χ1) is 17.9. The summed E-state index contributed by atoms with van der Waals surface area (Å²) in [5, 5.41) is 0.886. The first-order valence-electron chi connectivity index (χ1n) is 11.9. The van der Waals surface area contributed by atoms with E-state index >= 15 is 0 Å². The smallest absolute Gasteiger partial charge is 0.497 e. The van der Waals surface area contributed by atoms with E-state index in [4.69, 9.17) is 23.0 Å². The lowest BCUT2D eigenvalue weighted by Gasteiger charge is -2.17. The van der Waals surface area contributed by atoms with Crippen molar-refractivity contribution in [1.29, 1.82) is 0 Å². The van der Waals surface area contributed by atoms with E-state index in [1.165, 1.54) is 6.07 Å². The number of aromatic nitrogens is 1. The molecular formula is C28H26NO7P. The molecule has 0 amide bonds. The van der Waals surface area contributed by atoms with Crippen molar-refractivity contribution in [2.75, 3.05) is 20.3 Å². The van der Waals surface area contributed by atoms with Gasteiger partial charge in [-0.05, 0) is 55.8 Å². The number of methoxy groups -OCH3 is 1. The molecule has 1 N–H and O–H groups in total. The molecule has 0 atom stereocenters. The van der Waals surface area contributed by atoms with Gasteiger partial charge in [-0.2, -0.15) is 0 Å². The van der Waals surface area contributed by atoms with Gasteiger partial charge in [-0.3, -0.25) is 13.8 Å². The molecule has 0 aliphatic carbocycles. The number of benzene rings is 3. The summed E-state index contributed by atoms with van der Waals surface area (Å²) < 4.78 is 40.1. The third-order valence-electron chi connectivity index (χ3n) is 5.82. The van der Waals surface area contributed by atoms with Crippen LogP contribution in [-0.2, 0) is 13.6 Å². The molecule has 4 aromatic rings. The van der Waals surface area contributed by atoms with E-state index in [1.54, 1.807) is 39.2 Å². The second kappa shape index (κ2) is 10.3. The zero-order chi connectivity index (χ0) is 26.0. The molecule has 1 aliphatic rings. The molecule has 5 rings (SSSR count). The van der Waals surface area contributed by atoms with Gasteiger partial charge in [-0.15, -0.1) is 0 Å². The van der Waals surface area contributed by atoms with Crippen LogP contribution in [0.2, 0.25) is 0 Å². The molecule has 0 unspecified atom stereocenters. The van der Waals surface area contributed by atoms with E-state index in [9.17, 15) is 9.36 Å². The molecule has 1 aromatic heterocycles. The number of allylic oxidation sites excluding steroid dienone is 1. The minimum atomic E-state index is -3.79. The van der Waals surface area contributed by atoms with Crippen LogP contribution in [0.5, 0.6) is 17.2 Å². The molecule has 8 nitrogen and oxygen atoms in total. The number of aromatic amines is 1. The number of carbonyl (C=O) groups excluding carboxylic acids is 1. The maximum atomic E-state index is 13.3. The van der Waals surface area contributed by atoms with Crippen molar-refractivity contribution in [2.45, 2.75) is 13.8 Å². The Morgan fingerprint density at radius 1 is 0.946 bits per heavy atom. The molecule has 1 aliphatic heterocycles. The van der Waals surface area contributed by atoms with Crippen LogP contribution in [-0.4, -0.2) is 31.1 Å². The average molecular weight is 519 g/mol. The molecule has 0 saturated carbocycles. The van der Waals surface area contributed by atoms with E-state index in [1.807, 2.05) is 48.5 Å². The van der Waals surface area contributed by atoms with Crippen molar-refractivity contribution >= 4 is 30.6 Å². The maximum absolute atomic E-state index is 13.3. The van der Waals surface area contributed by atoms with Crippen LogP contribution in [0.15, 0.2) is 72.5 Å². The molecule has 9 heteroatoms. The Balaban J connectivity index is 1.54. The van der Waals surface area contributed by atoms with Crippen LogP contribution in [0, 0.1) is 0 Å². The highest BCUT2D eigenvalue weighted by Crippen LogP contribution is 2.50. The van der Waals surface area contributed by atoms with Crippen molar-refractivity contribution in [3.8, 4) is 28.5 Å². The molecule has 0 bridgehead atoms. The number of hydrogen-bond donors (Lipinski definition) is 1. The van der Waals surface area contributed by atoms with Gasteiger partial charge in [0.05, 0.1) is 31.6 Å². The summed E-state index contributed by atoms with van der Waals surface area (Å²) in [5.74, 6) is 1.09.